The second kappa shape index (κ2) is 9.55. The lowest BCUT2D eigenvalue weighted by molar-refractivity contribution is -0.147. The van der Waals surface area contributed by atoms with E-state index in [4.69, 9.17) is 21.5 Å². The number of oxime groups is 1. The molecule has 4 N–H and O–H groups in total. The predicted molar refractivity (Wildman–Crippen MR) is 131 cm³/mol. The van der Waals surface area contributed by atoms with Crippen LogP contribution in [0.15, 0.2) is 16.8 Å². The summed E-state index contributed by atoms with van der Waals surface area (Å²) in [6.45, 7) is 4.05. The molecule has 9 heteroatoms. The van der Waals surface area contributed by atoms with Crippen LogP contribution >= 0.6 is 0 Å². The summed E-state index contributed by atoms with van der Waals surface area (Å²) >= 11 is 0. The summed E-state index contributed by atoms with van der Waals surface area (Å²) in [5.41, 5.74) is 0.928. The molecule has 36 heavy (non-hydrogen) atoms. The zero-order valence-corrected chi connectivity index (χ0v) is 21.0. The number of aliphatic carboxylic acids is 2. The van der Waals surface area contributed by atoms with Crippen molar-refractivity contribution in [3.63, 3.8) is 0 Å². The Hall–Kier alpha value is -2.86. The monoisotopic (exact) mass is 500 g/mol. The molecule has 4 aliphatic carbocycles. The van der Waals surface area contributed by atoms with Crippen LogP contribution in [-0.2, 0) is 19.2 Å². The molecular formula is C27H36N2O7. The zero-order valence-electron chi connectivity index (χ0n) is 21.0. The number of fused-ring (bicyclic) bond motifs is 5. The number of carbonyl (C=O) groups excluding carboxylic acids is 1. The van der Waals surface area contributed by atoms with Crippen LogP contribution in [0, 0.1) is 40.9 Å². The highest BCUT2D eigenvalue weighted by Gasteiger charge is 2.63. The zero-order chi connectivity index (χ0) is 26.3. The number of carbonyl (C=O) groups is 3. The van der Waals surface area contributed by atoms with E-state index in [0.717, 1.165) is 44.2 Å². The smallest absolute Gasteiger partial charge is 0.326 e. The van der Waals surface area contributed by atoms with Crippen LogP contribution in [0.1, 0.15) is 71.6 Å². The van der Waals surface area contributed by atoms with Gasteiger partial charge in [-0.15, -0.1) is 6.42 Å². The maximum atomic E-state index is 12.0. The second-order valence-electron chi connectivity index (χ2n) is 11.4. The number of rotatable bonds is 7. The Labute approximate surface area is 211 Å². The number of hydrogen-bond donors (Lipinski definition) is 4. The average Bonchev–Trinajstić information content (AvgIpc) is 3.09. The molecule has 0 aromatic heterocycles. The van der Waals surface area contributed by atoms with Crippen molar-refractivity contribution in [1.82, 2.24) is 5.32 Å². The van der Waals surface area contributed by atoms with E-state index < -0.39 is 42.5 Å². The Morgan fingerprint density at radius 3 is 2.56 bits per heavy atom. The van der Waals surface area contributed by atoms with E-state index in [-0.39, 0.29) is 10.8 Å². The number of nitrogens with one attached hydrogen (secondary N) is 1. The summed E-state index contributed by atoms with van der Waals surface area (Å²) in [4.78, 5) is 39.1. The van der Waals surface area contributed by atoms with Crippen molar-refractivity contribution in [2.45, 2.75) is 83.3 Å². The number of aliphatic hydroxyl groups is 1. The third-order valence-corrected chi connectivity index (χ3v) is 9.76. The van der Waals surface area contributed by atoms with Gasteiger partial charge in [-0.25, -0.2) is 4.79 Å². The molecule has 9 nitrogen and oxygen atoms in total. The molecule has 0 spiro atoms. The largest absolute Gasteiger partial charge is 0.481 e. The van der Waals surface area contributed by atoms with Gasteiger partial charge < -0.3 is 25.5 Å². The Kier molecular flexibility index (Phi) is 6.95. The van der Waals surface area contributed by atoms with Crippen LogP contribution < -0.4 is 5.32 Å². The maximum absolute atomic E-state index is 12.0. The molecule has 1 amide bonds. The summed E-state index contributed by atoms with van der Waals surface area (Å²) in [7, 11) is 0. The number of hydrogen-bond acceptors (Lipinski definition) is 6. The molecule has 0 heterocycles. The minimum absolute atomic E-state index is 0.0586. The second-order valence-corrected chi connectivity index (χ2v) is 11.4. The normalized spacial score (nSPS) is 39.0. The molecule has 4 rings (SSSR count). The molecule has 0 saturated heterocycles. The third kappa shape index (κ3) is 4.40. The van der Waals surface area contributed by atoms with Gasteiger partial charge in [0.15, 0.2) is 6.61 Å². The van der Waals surface area contributed by atoms with Crippen LogP contribution in [0.4, 0.5) is 0 Å². The van der Waals surface area contributed by atoms with Crippen LogP contribution in [0.2, 0.25) is 0 Å². The molecule has 0 unspecified atom stereocenters. The lowest BCUT2D eigenvalue weighted by Crippen LogP contribution is -2.54. The minimum Gasteiger partial charge on any atom is -0.481 e. The molecule has 0 aliphatic heterocycles. The first-order valence-corrected chi connectivity index (χ1v) is 12.8. The molecule has 0 aromatic rings. The molecule has 0 radical (unpaired) electrons. The summed E-state index contributed by atoms with van der Waals surface area (Å²) in [6.07, 6.45) is 14.4. The lowest BCUT2D eigenvalue weighted by atomic mass is 9.46. The Bertz CT molecular complexity index is 1050. The Morgan fingerprint density at radius 1 is 1.17 bits per heavy atom. The van der Waals surface area contributed by atoms with Gasteiger partial charge in [-0.05, 0) is 80.6 Å². The van der Waals surface area contributed by atoms with E-state index in [1.165, 1.54) is 5.57 Å². The first kappa shape index (κ1) is 26.2. The SMILES string of the molecule is C#C[C@@]1(O)CC[C@H]2[C@@H]3CCC4=C/C(=N\OCC(=O)N[C@@H](CC(=O)O)C(=O)O)CC[C@]4(C)[C@H]3CC[C@@]21C. The minimum atomic E-state index is -1.52. The van der Waals surface area contributed by atoms with E-state index >= 15 is 0 Å². The summed E-state index contributed by atoms with van der Waals surface area (Å²) in [6, 6.07) is -1.52. The van der Waals surface area contributed by atoms with Gasteiger partial charge in [0, 0.05) is 5.41 Å². The van der Waals surface area contributed by atoms with Crippen molar-refractivity contribution >= 4 is 23.6 Å². The lowest BCUT2D eigenvalue weighted by Gasteiger charge is -2.58. The van der Waals surface area contributed by atoms with Gasteiger partial charge in [0.1, 0.15) is 11.6 Å². The van der Waals surface area contributed by atoms with Gasteiger partial charge in [0.05, 0.1) is 12.1 Å². The van der Waals surface area contributed by atoms with Gasteiger partial charge in [-0.2, -0.15) is 0 Å². The van der Waals surface area contributed by atoms with Crippen molar-refractivity contribution in [1.29, 1.82) is 0 Å². The van der Waals surface area contributed by atoms with Crippen LogP contribution in [0.25, 0.3) is 0 Å². The van der Waals surface area contributed by atoms with E-state index in [0.29, 0.717) is 30.6 Å². The maximum Gasteiger partial charge on any atom is 0.326 e. The number of carboxylic acids is 2. The molecule has 4 aliphatic rings. The quantitative estimate of drug-likeness (QED) is 0.311. The summed E-state index contributed by atoms with van der Waals surface area (Å²) in [5.74, 6) is 0.754. The Morgan fingerprint density at radius 2 is 1.89 bits per heavy atom. The van der Waals surface area contributed by atoms with Gasteiger partial charge in [0.2, 0.25) is 0 Å². The number of nitrogens with zero attached hydrogens (tertiary/aromatic N) is 1. The molecular weight excluding hydrogens is 464 g/mol. The highest BCUT2D eigenvalue weighted by Crippen LogP contribution is 2.67. The van der Waals surface area contributed by atoms with E-state index in [9.17, 15) is 19.5 Å². The Balaban J connectivity index is 1.40. The van der Waals surface area contributed by atoms with Crippen LogP contribution in [-0.4, -0.2) is 57.1 Å². The summed E-state index contributed by atoms with van der Waals surface area (Å²) < 4.78 is 0. The first-order valence-electron chi connectivity index (χ1n) is 12.8. The van der Waals surface area contributed by atoms with Gasteiger partial charge in [-0.1, -0.05) is 30.5 Å². The number of allylic oxidation sites excluding steroid dienone is 2. The molecule has 0 bridgehead atoms. The third-order valence-electron chi connectivity index (χ3n) is 9.76. The van der Waals surface area contributed by atoms with Crippen molar-refractivity contribution in [2.24, 2.45) is 33.7 Å². The fraction of sp³-hybridized carbons (Fsp3) is 0.704. The highest BCUT2D eigenvalue weighted by molar-refractivity contribution is 5.96. The molecule has 0 aromatic carbocycles. The molecule has 3 fully saturated rings. The van der Waals surface area contributed by atoms with E-state index in [1.807, 2.05) is 0 Å². The average molecular weight is 501 g/mol. The van der Waals surface area contributed by atoms with Gasteiger partial charge >= 0.3 is 11.9 Å². The fourth-order valence-electron chi connectivity index (χ4n) is 7.68. The van der Waals surface area contributed by atoms with Crippen LogP contribution in [0.5, 0.6) is 0 Å². The highest BCUT2D eigenvalue weighted by atomic mass is 16.6. The number of amides is 1. The molecule has 3 saturated carbocycles. The van der Waals surface area contributed by atoms with Crippen molar-refractivity contribution in [3.8, 4) is 12.3 Å². The number of carboxylic acid groups (broad SMARTS) is 2. The van der Waals surface area contributed by atoms with Gasteiger partial charge in [0.25, 0.3) is 5.91 Å². The molecule has 7 atom stereocenters. The fourth-order valence-corrected chi connectivity index (χ4v) is 7.68. The van der Waals surface area contributed by atoms with E-state index in [2.05, 4.69) is 36.3 Å². The van der Waals surface area contributed by atoms with Gasteiger partial charge in [-0.3, -0.25) is 9.59 Å². The van der Waals surface area contributed by atoms with E-state index in [1.54, 1.807) is 0 Å². The van der Waals surface area contributed by atoms with Crippen LogP contribution in [0.3, 0.4) is 0 Å². The number of terminal acetylenes is 1. The molecule has 196 valence electrons. The topological polar surface area (TPSA) is 146 Å². The standard InChI is InChI=1S/C27H36N2O7/c1-4-27(35)12-9-20-18-6-5-16-13-17(7-10-25(16,2)19(18)8-11-26(20,27)3)29-36-15-22(30)28-21(24(33)34)14-23(31)32/h1,13,18-21,35H,5-12,14-15H2,2-3H3,(H,28,30)(H,31,32)(H,33,34)/b29-17-/t18-,19+,20+,21+,25+,26+,27-/m1/s1. The van der Waals surface area contributed by atoms with Crippen molar-refractivity contribution in [3.05, 3.63) is 11.6 Å². The summed E-state index contributed by atoms with van der Waals surface area (Å²) in [5, 5.41) is 35.2. The predicted octanol–water partition coefficient (Wildman–Crippen LogP) is 2.73. The first-order chi connectivity index (χ1) is 16.9. The van der Waals surface area contributed by atoms with Crippen molar-refractivity contribution < 1.29 is 34.5 Å². The van der Waals surface area contributed by atoms with Crippen molar-refractivity contribution in [2.75, 3.05) is 6.61 Å².